The average Bonchev–Trinajstić information content (AvgIpc) is 2.38. The van der Waals surface area contributed by atoms with E-state index in [0.717, 1.165) is 12.2 Å². The fourth-order valence-corrected chi connectivity index (χ4v) is 3.30. The van der Waals surface area contributed by atoms with Gasteiger partial charge in [0.2, 0.25) is 0 Å². The first-order valence-electron chi connectivity index (χ1n) is 7.07. The molecule has 1 N–H and O–H groups in total. The van der Waals surface area contributed by atoms with Gasteiger partial charge in [-0.1, -0.05) is 31.5 Å². The third kappa shape index (κ3) is 2.14. The number of hydrogen-bond donors (Lipinski definition) is 1. The molecule has 2 heteroatoms. The van der Waals surface area contributed by atoms with Crippen LogP contribution in [0.1, 0.15) is 38.7 Å². The number of benzene rings is 1. The summed E-state index contributed by atoms with van der Waals surface area (Å²) >= 11 is 0. The largest absolute Gasteiger partial charge is 0.490 e. The van der Waals surface area contributed by atoms with Crippen molar-refractivity contribution in [1.29, 1.82) is 0 Å². The molecule has 1 aliphatic rings. The molecule has 0 radical (unpaired) electrons. The third-order valence-corrected chi connectivity index (χ3v) is 4.75. The van der Waals surface area contributed by atoms with Gasteiger partial charge in [0.15, 0.2) is 0 Å². The quantitative estimate of drug-likeness (QED) is 0.859. The summed E-state index contributed by atoms with van der Waals surface area (Å²) in [5.41, 5.74) is 1.58. The normalized spacial score (nSPS) is 25.6. The van der Waals surface area contributed by atoms with E-state index in [1.807, 2.05) is 0 Å². The van der Waals surface area contributed by atoms with Gasteiger partial charge >= 0.3 is 0 Å². The Morgan fingerprint density at radius 2 is 1.83 bits per heavy atom. The number of ether oxygens (including phenoxy) is 1. The summed E-state index contributed by atoms with van der Waals surface area (Å²) in [5, 5.41) is 3.44. The Hall–Kier alpha value is -1.02. The van der Waals surface area contributed by atoms with Crippen molar-refractivity contribution in [1.82, 2.24) is 5.32 Å². The van der Waals surface area contributed by atoms with Crippen molar-refractivity contribution >= 4 is 0 Å². The fourth-order valence-electron chi connectivity index (χ4n) is 3.30. The lowest BCUT2D eigenvalue weighted by Crippen LogP contribution is -2.63. The third-order valence-electron chi connectivity index (χ3n) is 4.75. The standard InChI is InChI=1S/C16H25NO/c1-5-16(6-2)14(17-4)11-15(16)18-13-9-7-12(3)8-10-13/h7-10,14-15,17H,5-6,11H2,1-4H3. The Balaban J connectivity index is 2.08. The lowest BCUT2D eigenvalue weighted by Gasteiger charge is -2.55. The minimum atomic E-state index is 0.305. The molecule has 2 nitrogen and oxygen atoms in total. The van der Waals surface area contributed by atoms with Gasteiger partial charge in [0.1, 0.15) is 11.9 Å². The highest BCUT2D eigenvalue weighted by Crippen LogP contribution is 2.48. The molecular formula is C16H25NO. The van der Waals surface area contributed by atoms with E-state index in [1.165, 1.54) is 18.4 Å². The van der Waals surface area contributed by atoms with E-state index in [9.17, 15) is 0 Å². The van der Waals surface area contributed by atoms with E-state index in [0.29, 0.717) is 17.6 Å². The zero-order valence-electron chi connectivity index (χ0n) is 12.0. The SMILES string of the molecule is CCC1(CC)C(NC)CC1Oc1ccc(C)cc1. The van der Waals surface area contributed by atoms with Crippen LogP contribution in [0.3, 0.4) is 0 Å². The van der Waals surface area contributed by atoms with E-state index in [-0.39, 0.29) is 0 Å². The Bertz CT molecular complexity index is 381. The number of rotatable bonds is 5. The fraction of sp³-hybridized carbons (Fsp3) is 0.625. The number of hydrogen-bond acceptors (Lipinski definition) is 2. The highest BCUT2D eigenvalue weighted by molar-refractivity contribution is 5.27. The summed E-state index contributed by atoms with van der Waals surface area (Å²) < 4.78 is 6.20. The topological polar surface area (TPSA) is 21.3 Å². The van der Waals surface area contributed by atoms with E-state index in [2.05, 4.69) is 57.4 Å². The van der Waals surface area contributed by atoms with Gasteiger partial charge in [0, 0.05) is 17.9 Å². The smallest absolute Gasteiger partial charge is 0.119 e. The van der Waals surface area contributed by atoms with Gasteiger partial charge in [-0.25, -0.2) is 0 Å². The summed E-state index contributed by atoms with van der Waals surface area (Å²) in [5.74, 6) is 1.01. The molecule has 100 valence electrons. The highest BCUT2D eigenvalue weighted by atomic mass is 16.5. The van der Waals surface area contributed by atoms with Crippen molar-refractivity contribution in [3.05, 3.63) is 29.8 Å². The maximum absolute atomic E-state index is 6.20. The number of nitrogens with one attached hydrogen (secondary N) is 1. The first kappa shape index (κ1) is 13.4. The molecule has 0 amide bonds. The van der Waals surface area contributed by atoms with Crippen LogP contribution in [0.4, 0.5) is 0 Å². The molecule has 18 heavy (non-hydrogen) atoms. The Morgan fingerprint density at radius 1 is 1.22 bits per heavy atom. The molecule has 0 heterocycles. The van der Waals surface area contributed by atoms with Crippen LogP contribution in [0.25, 0.3) is 0 Å². The van der Waals surface area contributed by atoms with Crippen LogP contribution in [-0.4, -0.2) is 19.2 Å². The lowest BCUT2D eigenvalue weighted by molar-refractivity contribution is -0.0835. The monoisotopic (exact) mass is 247 g/mol. The summed E-state index contributed by atoms with van der Waals surface area (Å²) in [6.07, 6.45) is 3.82. The van der Waals surface area contributed by atoms with Crippen molar-refractivity contribution in [3.8, 4) is 5.75 Å². The second-order valence-corrected chi connectivity index (χ2v) is 5.44. The van der Waals surface area contributed by atoms with Crippen molar-refractivity contribution < 1.29 is 4.74 Å². The second-order valence-electron chi connectivity index (χ2n) is 5.44. The van der Waals surface area contributed by atoms with Gasteiger partial charge < -0.3 is 10.1 Å². The van der Waals surface area contributed by atoms with Gasteiger partial charge in [-0.2, -0.15) is 0 Å². The van der Waals surface area contributed by atoms with E-state index >= 15 is 0 Å². The Labute approximate surface area is 111 Å². The predicted molar refractivity (Wildman–Crippen MR) is 76.1 cm³/mol. The Kier molecular flexibility index (Phi) is 3.96. The summed E-state index contributed by atoms with van der Waals surface area (Å²) in [4.78, 5) is 0. The minimum Gasteiger partial charge on any atom is -0.490 e. The number of aryl methyl sites for hydroxylation is 1. The average molecular weight is 247 g/mol. The molecule has 1 aromatic rings. The van der Waals surface area contributed by atoms with Crippen molar-refractivity contribution in [2.75, 3.05) is 7.05 Å². The van der Waals surface area contributed by atoms with E-state index in [4.69, 9.17) is 4.74 Å². The predicted octanol–water partition coefficient (Wildman–Crippen LogP) is 3.54. The zero-order chi connectivity index (χ0) is 13.2. The lowest BCUT2D eigenvalue weighted by atomic mass is 9.58. The van der Waals surface area contributed by atoms with Crippen LogP contribution in [0.2, 0.25) is 0 Å². The summed E-state index contributed by atoms with van der Waals surface area (Å²) in [6.45, 7) is 6.66. The molecule has 2 unspecified atom stereocenters. The molecule has 2 atom stereocenters. The maximum atomic E-state index is 6.20. The molecule has 0 aliphatic heterocycles. The molecule has 0 spiro atoms. The van der Waals surface area contributed by atoms with Gasteiger partial charge in [-0.3, -0.25) is 0 Å². The molecule has 0 aromatic heterocycles. The first-order chi connectivity index (χ1) is 8.66. The van der Waals surface area contributed by atoms with Crippen LogP contribution in [0.5, 0.6) is 5.75 Å². The molecule has 1 saturated carbocycles. The summed E-state index contributed by atoms with van der Waals surface area (Å²) in [6, 6.07) is 8.99. The van der Waals surface area contributed by atoms with Gasteiger partial charge in [0.05, 0.1) is 0 Å². The van der Waals surface area contributed by atoms with Crippen LogP contribution in [0, 0.1) is 12.3 Å². The summed E-state index contributed by atoms with van der Waals surface area (Å²) in [7, 11) is 2.06. The molecule has 0 bridgehead atoms. The Morgan fingerprint density at radius 3 is 2.33 bits per heavy atom. The maximum Gasteiger partial charge on any atom is 0.119 e. The van der Waals surface area contributed by atoms with Gasteiger partial charge in [-0.15, -0.1) is 0 Å². The van der Waals surface area contributed by atoms with Crippen molar-refractivity contribution in [3.63, 3.8) is 0 Å². The molecule has 1 fully saturated rings. The van der Waals surface area contributed by atoms with Crippen LogP contribution in [0.15, 0.2) is 24.3 Å². The molecule has 0 saturated heterocycles. The molecular weight excluding hydrogens is 222 g/mol. The van der Waals surface area contributed by atoms with Gasteiger partial charge in [-0.05, 0) is 38.9 Å². The molecule has 1 aliphatic carbocycles. The molecule has 1 aromatic carbocycles. The van der Waals surface area contributed by atoms with Gasteiger partial charge in [0.25, 0.3) is 0 Å². The second kappa shape index (κ2) is 5.31. The minimum absolute atomic E-state index is 0.305. The van der Waals surface area contributed by atoms with Crippen LogP contribution < -0.4 is 10.1 Å². The van der Waals surface area contributed by atoms with E-state index in [1.54, 1.807) is 0 Å². The zero-order valence-corrected chi connectivity index (χ0v) is 12.0. The highest BCUT2D eigenvalue weighted by Gasteiger charge is 2.53. The van der Waals surface area contributed by atoms with Crippen molar-refractivity contribution in [2.45, 2.75) is 52.2 Å². The van der Waals surface area contributed by atoms with E-state index < -0.39 is 0 Å². The van der Waals surface area contributed by atoms with Crippen molar-refractivity contribution in [2.24, 2.45) is 5.41 Å². The van der Waals surface area contributed by atoms with Crippen LogP contribution >= 0.6 is 0 Å². The first-order valence-corrected chi connectivity index (χ1v) is 7.07. The van der Waals surface area contributed by atoms with Crippen LogP contribution in [-0.2, 0) is 0 Å². The molecule has 2 rings (SSSR count).